The molecule has 0 saturated heterocycles. The summed E-state index contributed by atoms with van der Waals surface area (Å²) in [7, 11) is -3.52. The average Bonchev–Trinajstić information content (AvgIpc) is 2.87. The predicted molar refractivity (Wildman–Crippen MR) is 151 cm³/mol. The number of nitrogens with zero attached hydrogens (tertiary/aromatic N) is 2. The third-order valence-electron chi connectivity index (χ3n) is 6.27. The van der Waals surface area contributed by atoms with Gasteiger partial charge in [-0.15, -0.1) is 0 Å². The lowest BCUT2D eigenvalue weighted by molar-refractivity contribution is -0.141. The van der Waals surface area contributed by atoms with E-state index in [-0.39, 0.29) is 31.3 Å². The van der Waals surface area contributed by atoms with E-state index in [1.54, 1.807) is 29.2 Å². The first-order valence-corrected chi connectivity index (χ1v) is 15.2. The number of hydrogen-bond acceptors (Lipinski definition) is 4. The van der Waals surface area contributed by atoms with Crippen molar-refractivity contribution in [3.63, 3.8) is 0 Å². The maximum atomic E-state index is 13.5. The van der Waals surface area contributed by atoms with Gasteiger partial charge in [0.15, 0.2) is 0 Å². The van der Waals surface area contributed by atoms with Crippen molar-refractivity contribution in [2.75, 3.05) is 23.7 Å². The average molecular weight is 550 g/mol. The normalized spacial score (nSPS) is 12.1. The molecule has 2 aromatic carbocycles. The molecule has 0 unspecified atom stereocenters. The first-order chi connectivity index (χ1) is 17.6. The van der Waals surface area contributed by atoms with Crippen LogP contribution in [0.4, 0.5) is 5.69 Å². The molecule has 2 amide bonds. The number of halogens is 1. The molecule has 2 aromatic rings. The number of amides is 2. The van der Waals surface area contributed by atoms with Crippen molar-refractivity contribution >= 4 is 39.1 Å². The summed E-state index contributed by atoms with van der Waals surface area (Å²) in [5.41, 5.74) is 2.56. The molecular formula is C28H40ClN3O4S. The third kappa shape index (κ3) is 9.67. The Bertz CT molecular complexity index is 1110. The summed E-state index contributed by atoms with van der Waals surface area (Å²) < 4.78 is 26.3. The number of unbranched alkanes of at least 4 members (excludes halogenated alkanes) is 1. The summed E-state index contributed by atoms with van der Waals surface area (Å²) in [4.78, 5) is 28.0. The first kappa shape index (κ1) is 30.6. The van der Waals surface area contributed by atoms with E-state index < -0.39 is 16.1 Å². The maximum absolute atomic E-state index is 13.5. The van der Waals surface area contributed by atoms with Crippen molar-refractivity contribution in [1.29, 1.82) is 0 Å². The monoisotopic (exact) mass is 549 g/mol. The first-order valence-electron chi connectivity index (χ1n) is 13.0. The summed E-state index contributed by atoms with van der Waals surface area (Å²) in [6.45, 7) is 6.98. The molecule has 0 aliphatic carbocycles. The molecule has 0 aliphatic heterocycles. The second-order valence-electron chi connectivity index (χ2n) is 9.18. The van der Waals surface area contributed by atoms with Crippen LogP contribution in [0.1, 0.15) is 64.0 Å². The van der Waals surface area contributed by atoms with Crippen LogP contribution in [-0.2, 0) is 32.6 Å². The minimum absolute atomic E-state index is 0.116. The Hall–Kier alpha value is -2.58. The highest BCUT2D eigenvalue weighted by molar-refractivity contribution is 7.92. The molecule has 0 fully saturated rings. The van der Waals surface area contributed by atoms with Crippen molar-refractivity contribution in [2.45, 2.75) is 71.9 Å². The zero-order valence-corrected chi connectivity index (χ0v) is 23.9. The molecule has 0 spiro atoms. The fourth-order valence-electron chi connectivity index (χ4n) is 4.11. The van der Waals surface area contributed by atoms with Gasteiger partial charge in [-0.3, -0.25) is 13.9 Å². The third-order valence-corrected chi connectivity index (χ3v) is 7.71. The molecule has 37 heavy (non-hydrogen) atoms. The van der Waals surface area contributed by atoms with Gasteiger partial charge in [0.25, 0.3) is 0 Å². The number of sulfonamides is 1. The fourth-order valence-corrected chi connectivity index (χ4v) is 5.21. The van der Waals surface area contributed by atoms with Crippen LogP contribution in [-0.4, -0.2) is 50.5 Å². The fraction of sp³-hybridized carbons (Fsp3) is 0.500. The molecule has 0 saturated carbocycles. The van der Waals surface area contributed by atoms with Crippen LogP contribution in [0, 0.1) is 0 Å². The molecular weight excluding hydrogens is 510 g/mol. The highest BCUT2D eigenvalue weighted by Crippen LogP contribution is 2.21. The quantitative estimate of drug-likeness (QED) is 0.310. The number of benzene rings is 2. The van der Waals surface area contributed by atoms with Gasteiger partial charge in [0.1, 0.15) is 6.04 Å². The van der Waals surface area contributed by atoms with E-state index in [1.807, 2.05) is 38.1 Å². The molecule has 204 valence electrons. The Morgan fingerprint density at radius 3 is 2.11 bits per heavy atom. The van der Waals surface area contributed by atoms with Crippen molar-refractivity contribution in [3.05, 3.63) is 64.7 Å². The van der Waals surface area contributed by atoms with Crippen LogP contribution in [0.3, 0.4) is 0 Å². The number of carbonyl (C=O) groups excluding carboxylic acids is 2. The van der Waals surface area contributed by atoms with Gasteiger partial charge >= 0.3 is 0 Å². The molecule has 7 nitrogen and oxygen atoms in total. The van der Waals surface area contributed by atoms with E-state index >= 15 is 0 Å². The van der Waals surface area contributed by atoms with Gasteiger partial charge in [-0.05, 0) is 61.1 Å². The van der Waals surface area contributed by atoms with E-state index in [4.69, 9.17) is 11.6 Å². The lowest BCUT2D eigenvalue weighted by atomic mass is 10.1. The van der Waals surface area contributed by atoms with Crippen molar-refractivity contribution in [1.82, 2.24) is 10.2 Å². The molecule has 1 atom stereocenters. The van der Waals surface area contributed by atoms with Gasteiger partial charge in [-0.25, -0.2) is 8.42 Å². The van der Waals surface area contributed by atoms with Crippen LogP contribution in [0.25, 0.3) is 0 Å². The maximum Gasteiger partial charge on any atom is 0.242 e. The Labute approximate surface area is 227 Å². The van der Waals surface area contributed by atoms with E-state index in [9.17, 15) is 18.0 Å². The van der Waals surface area contributed by atoms with Crippen LogP contribution in [0.5, 0.6) is 0 Å². The number of rotatable bonds is 15. The molecule has 0 heterocycles. The summed E-state index contributed by atoms with van der Waals surface area (Å²) in [6.07, 6.45) is 4.77. The predicted octanol–water partition coefficient (Wildman–Crippen LogP) is 5.17. The van der Waals surface area contributed by atoms with Crippen LogP contribution in [0.2, 0.25) is 5.02 Å². The van der Waals surface area contributed by atoms with Gasteiger partial charge in [0.05, 0.1) is 11.9 Å². The van der Waals surface area contributed by atoms with E-state index in [1.165, 1.54) is 10.6 Å². The number of aryl methyl sites for hydroxylation is 1. The molecule has 9 heteroatoms. The zero-order valence-electron chi connectivity index (χ0n) is 22.4. The minimum Gasteiger partial charge on any atom is -0.354 e. The SMILES string of the molecule is CCCCNC(=O)[C@@H](CC)N(Cc1ccc(Cl)cc1)C(=O)CCCN(c1ccc(CC)cc1)S(C)(=O)=O. The lowest BCUT2D eigenvalue weighted by Gasteiger charge is -2.31. The summed E-state index contributed by atoms with van der Waals surface area (Å²) in [5, 5.41) is 3.54. The van der Waals surface area contributed by atoms with Gasteiger partial charge in [0.2, 0.25) is 21.8 Å². The summed E-state index contributed by atoms with van der Waals surface area (Å²) in [6, 6.07) is 14.0. The van der Waals surface area contributed by atoms with Crippen LogP contribution >= 0.6 is 11.6 Å². The highest BCUT2D eigenvalue weighted by Gasteiger charge is 2.28. The summed E-state index contributed by atoms with van der Waals surface area (Å²) in [5.74, 6) is -0.366. The Balaban J connectivity index is 2.18. The molecule has 0 aromatic heterocycles. The van der Waals surface area contributed by atoms with Gasteiger partial charge in [-0.2, -0.15) is 0 Å². The van der Waals surface area contributed by atoms with Gasteiger partial charge in [-0.1, -0.05) is 63.1 Å². The lowest BCUT2D eigenvalue weighted by Crippen LogP contribution is -2.49. The van der Waals surface area contributed by atoms with Crippen molar-refractivity contribution in [2.24, 2.45) is 0 Å². The van der Waals surface area contributed by atoms with E-state index in [0.29, 0.717) is 30.1 Å². The largest absolute Gasteiger partial charge is 0.354 e. The van der Waals surface area contributed by atoms with E-state index in [2.05, 4.69) is 12.2 Å². The minimum atomic E-state index is -3.52. The second-order valence-corrected chi connectivity index (χ2v) is 11.5. The highest BCUT2D eigenvalue weighted by atomic mass is 35.5. The second kappa shape index (κ2) is 15.0. The van der Waals surface area contributed by atoms with Crippen LogP contribution < -0.4 is 9.62 Å². The van der Waals surface area contributed by atoms with Gasteiger partial charge in [0, 0.05) is 31.1 Å². The molecule has 1 N–H and O–H groups in total. The smallest absolute Gasteiger partial charge is 0.242 e. The molecule has 2 rings (SSSR count). The van der Waals surface area contributed by atoms with Crippen molar-refractivity contribution < 1.29 is 18.0 Å². The number of nitrogens with one attached hydrogen (secondary N) is 1. The van der Waals surface area contributed by atoms with E-state index in [0.717, 1.165) is 30.4 Å². The number of hydrogen-bond donors (Lipinski definition) is 1. The number of anilines is 1. The van der Waals surface area contributed by atoms with Gasteiger partial charge < -0.3 is 10.2 Å². The topological polar surface area (TPSA) is 86.8 Å². The van der Waals surface area contributed by atoms with Crippen molar-refractivity contribution in [3.8, 4) is 0 Å². The molecule has 0 radical (unpaired) electrons. The molecule has 0 bridgehead atoms. The Kier molecular flexibility index (Phi) is 12.4. The standard InChI is InChI=1S/C28H40ClN3O4S/c1-5-8-19-30-28(34)26(7-3)31(21-23-11-15-24(29)16-12-23)27(33)10-9-20-32(37(4,35)36)25-17-13-22(6-2)14-18-25/h11-18,26H,5-10,19-21H2,1-4H3,(H,30,34)/t26-/m1/s1. The Morgan fingerprint density at radius 2 is 1.57 bits per heavy atom. The molecule has 0 aliphatic rings. The summed E-state index contributed by atoms with van der Waals surface area (Å²) >= 11 is 6.03. The van der Waals surface area contributed by atoms with Crippen LogP contribution in [0.15, 0.2) is 48.5 Å². The Morgan fingerprint density at radius 1 is 0.946 bits per heavy atom. The zero-order chi connectivity index (χ0) is 27.4. The number of carbonyl (C=O) groups is 2.